The Morgan fingerprint density at radius 3 is 2.52 bits per heavy atom. The van der Waals surface area contributed by atoms with Gasteiger partial charge in [0.1, 0.15) is 5.69 Å². The van der Waals surface area contributed by atoms with Gasteiger partial charge in [-0.2, -0.15) is 0 Å². The number of carboxylic acid groups (broad SMARTS) is 1. The minimum absolute atomic E-state index is 0.00262. The van der Waals surface area contributed by atoms with Crippen LogP contribution in [0, 0.1) is 6.92 Å². The van der Waals surface area contributed by atoms with Crippen LogP contribution in [-0.2, 0) is 0 Å². The second-order valence-electron chi connectivity index (χ2n) is 5.37. The lowest BCUT2D eigenvalue weighted by atomic mass is 10.2. The molecule has 0 aliphatic rings. The first-order valence-corrected chi connectivity index (χ1v) is 6.91. The van der Waals surface area contributed by atoms with Crippen molar-refractivity contribution in [2.24, 2.45) is 0 Å². The van der Waals surface area contributed by atoms with Crippen LogP contribution in [-0.4, -0.2) is 65.1 Å². The van der Waals surface area contributed by atoms with Crippen molar-refractivity contribution in [2.45, 2.75) is 26.8 Å². The van der Waals surface area contributed by atoms with E-state index in [1.54, 1.807) is 17.9 Å². The van der Waals surface area contributed by atoms with Gasteiger partial charge in [-0.25, -0.2) is 9.59 Å². The van der Waals surface area contributed by atoms with Gasteiger partial charge in [-0.15, -0.1) is 0 Å². The molecule has 1 heterocycles. The first-order valence-electron chi connectivity index (χ1n) is 6.91. The first-order chi connectivity index (χ1) is 9.76. The van der Waals surface area contributed by atoms with Crippen LogP contribution in [0.2, 0.25) is 0 Å². The number of hydrogen-bond acceptors (Lipinski definition) is 3. The van der Waals surface area contributed by atoms with Crippen LogP contribution >= 0.6 is 0 Å². The van der Waals surface area contributed by atoms with Crippen molar-refractivity contribution < 1.29 is 14.7 Å². The Bertz CT molecular complexity index is 510. The average molecular weight is 296 g/mol. The summed E-state index contributed by atoms with van der Waals surface area (Å²) in [5.74, 6) is -1.09. The molecule has 0 radical (unpaired) electrons. The predicted octanol–water partition coefficient (Wildman–Crippen LogP) is 1.83. The molecule has 0 fully saturated rings. The van der Waals surface area contributed by atoms with Crippen molar-refractivity contribution in [3.8, 4) is 0 Å². The molecule has 7 nitrogen and oxygen atoms in total. The summed E-state index contributed by atoms with van der Waals surface area (Å²) in [6, 6.07) is 1.35. The maximum absolute atomic E-state index is 12.3. The smallest absolute Gasteiger partial charge is 0.354 e. The van der Waals surface area contributed by atoms with Crippen LogP contribution in [0.1, 0.15) is 30.0 Å². The van der Waals surface area contributed by atoms with Crippen LogP contribution in [0.25, 0.3) is 0 Å². The second kappa shape index (κ2) is 7.12. The molecule has 0 spiro atoms. The van der Waals surface area contributed by atoms with Crippen LogP contribution in [0.4, 0.5) is 10.5 Å². The minimum Gasteiger partial charge on any atom is -0.477 e. The Morgan fingerprint density at radius 2 is 2.05 bits per heavy atom. The summed E-state index contributed by atoms with van der Waals surface area (Å²) in [6.45, 7) is 6.88. The lowest BCUT2D eigenvalue weighted by Gasteiger charge is -2.30. The highest BCUT2D eigenvalue weighted by Gasteiger charge is 2.22. The molecule has 3 N–H and O–H groups in total. The van der Waals surface area contributed by atoms with Gasteiger partial charge in [0, 0.05) is 24.8 Å². The highest BCUT2D eigenvalue weighted by Crippen LogP contribution is 2.18. The molecule has 0 aromatic carbocycles. The van der Waals surface area contributed by atoms with Crippen LogP contribution in [0.5, 0.6) is 0 Å². The lowest BCUT2D eigenvalue weighted by molar-refractivity contribution is 0.0692. The van der Waals surface area contributed by atoms with E-state index in [0.717, 1.165) is 6.54 Å². The number of amides is 2. The number of hydrogen-bond donors (Lipinski definition) is 3. The molecule has 7 heteroatoms. The molecule has 21 heavy (non-hydrogen) atoms. The molecular weight excluding hydrogens is 272 g/mol. The Morgan fingerprint density at radius 1 is 1.43 bits per heavy atom. The highest BCUT2D eigenvalue weighted by molar-refractivity contribution is 5.99. The molecule has 1 aromatic rings. The summed E-state index contributed by atoms with van der Waals surface area (Å²) in [6.07, 6.45) is 0. The predicted molar refractivity (Wildman–Crippen MR) is 81.9 cm³/mol. The number of carbonyl (C=O) groups excluding carboxylic acids is 1. The maximum Gasteiger partial charge on any atom is 0.354 e. The monoisotopic (exact) mass is 296 g/mol. The summed E-state index contributed by atoms with van der Waals surface area (Å²) in [5.41, 5.74) is 0.977. The SMILES string of the molecule is CCN(C(=O)Nc1cc(C)[nH]c1C(=O)O)C(C)CN(C)C. The van der Waals surface area contributed by atoms with E-state index < -0.39 is 5.97 Å². The van der Waals surface area contributed by atoms with E-state index in [1.807, 2.05) is 32.8 Å². The van der Waals surface area contributed by atoms with E-state index in [-0.39, 0.29) is 17.8 Å². The number of likely N-dealkylation sites (N-methyl/N-ethyl adjacent to an activating group) is 2. The molecule has 2 amide bonds. The summed E-state index contributed by atoms with van der Waals surface area (Å²) < 4.78 is 0. The Kier molecular flexibility index (Phi) is 5.78. The summed E-state index contributed by atoms with van der Waals surface area (Å²) in [7, 11) is 3.89. The first kappa shape index (κ1) is 17.0. The fraction of sp³-hybridized carbons (Fsp3) is 0.571. The average Bonchev–Trinajstić information content (AvgIpc) is 2.70. The fourth-order valence-electron chi connectivity index (χ4n) is 2.33. The number of nitrogens with zero attached hydrogens (tertiary/aromatic N) is 2. The third kappa shape index (κ3) is 4.49. The molecule has 1 rings (SSSR count). The zero-order chi connectivity index (χ0) is 16.2. The van der Waals surface area contributed by atoms with Crippen molar-refractivity contribution in [3.63, 3.8) is 0 Å². The standard InChI is InChI=1S/C14H24N4O3/c1-6-18(10(3)8-17(4)5)14(21)16-11-7-9(2)15-12(11)13(19)20/h7,10,15H,6,8H2,1-5H3,(H,16,21)(H,19,20). The van der Waals surface area contributed by atoms with E-state index in [1.165, 1.54) is 0 Å². The number of carboxylic acids is 1. The summed E-state index contributed by atoms with van der Waals surface area (Å²) >= 11 is 0. The van der Waals surface area contributed by atoms with Gasteiger partial charge in [-0.3, -0.25) is 0 Å². The molecule has 0 saturated carbocycles. The zero-order valence-electron chi connectivity index (χ0n) is 13.2. The van der Waals surface area contributed by atoms with Gasteiger partial charge in [-0.05, 0) is 40.9 Å². The topological polar surface area (TPSA) is 88.7 Å². The lowest BCUT2D eigenvalue weighted by Crippen LogP contribution is -2.45. The minimum atomic E-state index is -1.09. The summed E-state index contributed by atoms with van der Waals surface area (Å²) in [5, 5.41) is 11.8. The van der Waals surface area contributed by atoms with Gasteiger partial charge in [0.15, 0.2) is 0 Å². The second-order valence-corrected chi connectivity index (χ2v) is 5.37. The third-order valence-corrected chi connectivity index (χ3v) is 3.17. The number of aromatic carboxylic acids is 1. The zero-order valence-corrected chi connectivity index (χ0v) is 13.2. The van der Waals surface area contributed by atoms with Gasteiger partial charge in [0.05, 0.1) is 5.69 Å². The molecule has 118 valence electrons. The number of aryl methyl sites for hydroxylation is 1. The number of H-pyrrole nitrogens is 1. The van der Waals surface area contributed by atoms with Gasteiger partial charge in [0.25, 0.3) is 0 Å². The molecule has 0 aliphatic heterocycles. The number of anilines is 1. The van der Waals surface area contributed by atoms with Gasteiger partial charge >= 0.3 is 12.0 Å². The largest absolute Gasteiger partial charge is 0.477 e. The molecule has 0 aliphatic carbocycles. The van der Waals surface area contributed by atoms with Crippen molar-refractivity contribution in [1.29, 1.82) is 0 Å². The third-order valence-electron chi connectivity index (χ3n) is 3.17. The van der Waals surface area contributed by atoms with Crippen molar-refractivity contribution >= 4 is 17.7 Å². The fourth-order valence-corrected chi connectivity index (χ4v) is 2.33. The molecule has 0 bridgehead atoms. The van der Waals surface area contributed by atoms with E-state index in [4.69, 9.17) is 5.11 Å². The maximum atomic E-state index is 12.3. The van der Waals surface area contributed by atoms with E-state index in [9.17, 15) is 9.59 Å². The van der Waals surface area contributed by atoms with Crippen LogP contribution in [0.15, 0.2) is 6.07 Å². The number of rotatable bonds is 6. The summed E-state index contributed by atoms with van der Waals surface area (Å²) in [4.78, 5) is 29.9. The molecule has 0 saturated heterocycles. The van der Waals surface area contributed by atoms with Crippen LogP contribution in [0.3, 0.4) is 0 Å². The number of aromatic nitrogens is 1. The molecule has 1 aromatic heterocycles. The number of carbonyl (C=O) groups is 2. The van der Waals surface area contributed by atoms with Crippen molar-refractivity contribution in [2.75, 3.05) is 32.5 Å². The van der Waals surface area contributed by atoms with Gasteiger partial charge in [0.2, 0.25) is 0 Å². The molecule has 1 atom stereocenters. The number of nitrogens with one attached hydrogen (secondary N) is 2. The van der Waals surface area contributed by atoms with Gasteiger partial charge in [-0.1, -0.05) is 0 Å². The normalized spacial score (nSPS) is 12.3. The Hall–Kier alpha value is -2.02. The quantitative estimate of drug-likeness (QED) is 0.747. The van der Waals surface area contributed by atoms with E-state index in [0.29, 0.717) is 17.9 Å². The van der Waals surface area contributed by atoms with Crippen molar-refractivity contribution in [1.82, 2.24) is 14.8 Å². The van der Waals surface area contributed by atoms with E-state index >= 15 is 0 Å². The molecule has 1 unspecified atom stereocenters. The number of urea groups is 1. The highest BCUT2D eigenvalue weighted by atomic mass is 16.4. The van der Waals surface area contributed by atoms with Gasteiger partial charge < -0.3 is 25.2 Å². The molecular formula is C14H24N4O3. The Balaban J connectivity index is 2.86. The van der Waals surface area contributed by atoms with Crippen LogP contribution < -0.4 is 5.32 Å². The van der Waals surface area contributed by atoms with Crippen molar-refractivity contribution in [3.05, 3.63) is 17.5 Å². The number of aromatic amines is 1. The Labute approximate surface area is 124 Å². The van der Waals surface area contributed by atoms with E-state index in [2.05, 4.69) is 10.3 Å².